The Balaban J connectivity index is 3.05. The van der Waals surface area contributed by atoms with E-state index >= 15 is 0 Å². The molecule has 0 saturated heterocycles. The van der Waals surface area contributed by atoms with Crippen molar-refractivity contribution in [1.82, 2.24) is 0 Å². The van der Waals surface area contributed by atoms with Crippen LogP contribution in [0.4, 0.5) is 13.2 Å². The molecule has 128 valence electrons. The Kier molecular flexibility index (Phi) is 5.42. The van der Waals surface area contributed by atoms with Crippen molar-refractivity contribution in [1.29, 1.82) is 0 Å². The molecule has 0 fully saturated rings. The molecule has 5 nitrogen and oxygen atoms in total. The zero-order valence-corrected chi connectivity index (χ0v) is 12.8. The Bertz CT molecular complexity index is 576. The van der Waals surface area contributed by atoms with Gasteiger partial charge in [-0.25, -0.2) is 0 Å². The molecule has 0 radical (unpaired) electrons. The molecule has 3 N–H and O–H groups in total. The molecule has 1 aromatic rings. The van der Waals surface area contributed by atoms with Crippen LogP contribution in [0.3, 0.4) is 0 Å². The first-order valence-electron chi connectivity index (χ1n) is 6.71. The number of rotatable bonds is 4. The van der Waals surface area contributed by atoms with E-state index < -0.39 is 41.2 Å². The number of carbonyl (C=O) groups is 2. The third-order valence-electron chi connectivity index (χ3n) is 2.91. The number of ether oxygens (including phenoxy) is 1. The molecule has 1 unspecified atom stereocenters. The summed E-state index contributed by atoms with van der Waals surface area (Å²) in [4.78, 5) is 23.3. The number of aliphatic carboxylic acids is 1. The van der Waals surface area contributed by atoms with Gasteiger partial charge in [0.15, 0.2) is 5.92 Å². The van der Waals surface area contributed by atoms with Crippen molar-refractivity contribution in [3.8, 4) is 0 Å². The topological polar surface area (TPSA) is 89.6 Å². The Hall–Kier alpha value is -2.09. The number of carboxylic acids is 1. The molecule has 2 atom stereocenters. The Morgan fingerprint density at radius 2 is 1.61 bits per heavy atom. The van der Waals surface area contributed by atoms with Crippen molar-refractivity contribution < 1.29 is 32.6 Å². The van der Waals surface area contributed by atoms with Crippen molar-refractivity contribution in [2.75, 3.05) is 0 Å². The minimum atomic E-state index is -4.51. The molecule has 1 aromatic carbocycles. The van der Waals surface area contributed by atoms with E-state index in [-0.39, 0.29) is 5.56 Å². The summed E-state index contributed by atoms with van der Waals surface area (Å²) in [7, 11) is 0. The fourth-order valence-corrected chi connectivity index (χ4v) is 1.85. The molecule has 0 heterocycles. The Morgan fingerprint density at radius 1 is 1.13 bits per heavy atom. The highest BCUT2D eigenvalue weighted by atomic mass is 19.4. The number of esters is 1. The van der Waals surface area contributed by atoms with Gasteiger partial charge in [-0.3, -0.25) is 9.59 Å². The zero-order valence-electron chi connectivity index (χ0n) is 12.8. The van der Waals surface area contributed by atoms with Crippen LogP contribution in [0.1, 0.15) is 37.9 Å². The quantitative estimate of drug-likeness (QED) is 0.653. The molecule has 0 spiro atoms. The molecular formula is C15H18F3NO4. The normalized spacial score (nSPS) is 14.9. The van der Waals surface area contributed by atoms with E-state index in [4.69, 9.17) is 10.5 Å². The summed E-state index contributed by atoms with van der Waals surface area (Å²) in [5, 5.41) is 9.20. The van der Waals surface area contributed by atoms with Crippen molar-refractivity contribution in [3.63, 3.8) is 0 Å². The minimum Gasteiger partial charge on any atom is -0.481 e. The molecule has 8 heteroatoms. The molecule has 0 saturated carbocycles. The van der Waals surface area contributed by atoms with E-state index in [0.717, 1.165) is 24.3 Å². The molecule has 0 aliphatic carbocycles. The van der Waals surface area contributed by atoms with Gasteiger partial charge in [0.25, 0.3) is 0 Å². The highest BCUT2D eigenvalue weighted by molar-refractivity contribution is 5.95. The lowest BCUT2D eigenvalue weighted by molar-refractivity contribution is -0.167. The second-order valence-electron chi connectivity index (χ2n) is 5.99. The second kappa shape index (κ2) is 6.57. The SMILES string of the molecule is CC(C)(C)OC(=O)[C@H](C(=O)O)C(N)c1ccc(C(F)(F)F)cc1. The smallest absolute Gasteiger partial charge is 0.416 e. The number of hydrogen-bond acceptors (Lipinski definition) is 4. The molecule has 0 aromatic heterocycles. The molecule has 0 aliphatic rings. The predicted molar refractivity (Wildman–Crippen MR) is 75.3 cm³/mol. The van der Waals surface area contributed by atoms with Gasteiger partial charge in [0.05, 0.1) is 11.6 Å². The number of halogens is 3. The number of nitrogens with two attached hydrogens (primary N) is 1. The summed E-state index contributed by atoms with van der Waals surface area (Å²) >= 11 is 0. The maximum Gasteiger partial charge on any atom is 0.416 e. The summed E-state index contributed by atoms with van der Waals surface area (Å²) in [6, 6.07) is 2.33. The lowest BCUT2D eigenvalue weighted by Gasteiger charge is -2.25. The fraction of sp³-hybridized carbons (Fsp3) is 0.467. The average molecular weight is 333 g/mol. The highest BCUT2D eigenvalue weighted by Crippen LogP contribution is 2.31. The minimum absolute atomic E-state index is 0.0938. The van der Waals surface area contributed by atoms with Crippen LogP contribution in [0.5, 0.6) is 0 Å². The van der Waals surface area contributed by atoms with Crippen molar-refractivity contribution in [2.45, 2.75) is 38.6 Å². The summed E-state index contributed by atoms with van der Waals surface area (Å²) in [6.45, 7) is 4.69. The maximum absolute atomic E-state index is 12.5. The van der Waals surface area contributed by atoms with Gasteiger partial charge in [0.2, 0.25) is 0 Å². The van der Waals surface area contributed by atoms with E-state index in [1.54, 1.807) is 20.8 Å². The Labute approximate surface area is 131 Å². The predicted octanol–water partition coefficient (Wildman–Crippen LogP) is 2.75. The molecule has 23 heavy (non-hydrogen) atoms. The standard InChI is InChI=1S/C15H18F3NO4/c1-14(2,3)23-13(22)10(12(20)21)11(19)8-4-6-9(7-5-8)15(16,17)18/h4-7,10-11H,19H2,1-3H3,(H,20,21)/t10-,11?/m0/s1. The van der Waals surface area contributed by atoms with Crippen LogP contribution in [-0.4, -0.2) is 22.6 Å². The van der Waals surface area contributed by atoms with Gasteiger partial charge in [-0.15, -0.1) is 0 Å². The van der Waals surface area contributed by atoms with Gasteiger partial charge in [-0.2, -0.15) is 13.2 Å². The van der Waals surface area contributed by atoms with Gasteiger partial charge in [-0.05, 0) is 38.5 Å². The van der Waals surface area contributed by atoms with Crippen LogP contribution in [0.25, 0.3) is 0 Å². The van der Waals surface area contributed by atoms with Crippen LogP contribution in [0.2, 0.25) is 0 Å². The summed E-state index contributed by atoms with van der Waals surface area (Å²) < 4.78 is 42.6. The van der Waals surface area contributed by atoms with Gasteiger partial charge in [-0.1, -0.05) is 12.1 Å². The first kappa shape index (κ1) is 19.0. The monoisotopic (exact) mass is 333 g/mol. The van der Waals surface area contributed by atoms with Gasteiger partial charge in [0.1, 0.15) is 5.60 Å². The average Bonchev–Trinajstić information content (AvgIpc) is 2.35. The van der Waals surface area contributed by atoms with Crippen LogP contribution >= 0.6 is 0 Å². The lowest BCUT2D eigenvalue weighted by atomic mass is 9.93. The van der Waals surface area contributed by atoms with E-state index in [1.165, 1.54) is 0 Å². The lowest BCUT2D eigenvalue weighted by Crippen LogP contribution is -2.39. The van der Waals surface area contributed by atoms with Crippen LogP contribution < -0.4 is 5.73 Å². The molecule has 0 aliphatic heterocycles. The van der Waals surface area contributed by atoms with Crippen molar-refractivity contribution >= 4 is 11.9 Å². The number of carboxylic acid groups (broad SMARTS) is 1. The van der Waals surface area contributed by atoms with Gasteiger partial charge < -0.3 is 15.6 Å². The van der Waals surface area contributed by atoms with Crippen LogP contribution in [-0.2, 0) is 20.5 Å². The zero-order chi connectivity index (χ0) is 18.0. The number of carbonyl (C=O) groups excluding carboxylic acids is 1. The number of hydrogen-bond donors (Lipinski definition) is 2. The molecule has 1 rings (SSSR count). The maximum atomic E-state index is 12.5. The molecule has 0 bridgehead atoms. The molecule has 0 amide bonds. The fourth-order valence-electron chi connectivity index (χ4n) is 1.85. The largest absolute Gasteiger partial charge is 0.481 e. The second-order valence-corrected chi connectivity index (χ2v) is 5.99. The highest BCUT2D eigenvalue weighted by Gasteiger charge is 2.37. The Morgan fingerprint density at radius 3 is 1.96 bits per heavy atom. The number of alkyl halides is 3. The van der Waals surface area contributed by atoms with Gasteiger partial charge in [0, 0.05) is 0 Å². The summed E-state index contributed by atoms with van der Waals surface area (Å²) in [5.41, 5.74) is 4.05. The van der Waals surface area contributed by atoms with Crippen LogP contribution in [0.15, 0.2) is 24.3 Å². The third-order valence-corrected chi connectivity index (χ3v) is 2.91. The van der Waals surface area contributed by atoms with Crippen molar-refractivity contribution in [3.05, 3.63) is 35.4 Å². The first-order valence-corrected chi connectivity index (χ1v) is 6.71. The van der Waals surface area contributed by atoms with E-state index in [0.29, 0.717) is 0 Å². The van der Waals surface area contributed by atoms with Crippen LogP contribution in [0, 0.1) is 5.92 Å². The third kappa shape index (κ3) is 5.24. The van der Waals surface area contributed by atoms with E-state index in [1.807, 2.05) is 0 Å². The summed E-state index contributed by atoms with van der Waals surface area (Å²) in [5.74, 6) is -4.27. The van der Waals surface area contributed by atoms with Crippen molar-refractivity contribution in [2.24, 2.45) is 11.7 Å². The van der Waals surface area contributed by atoms with E-state index in [2.05, 4.69) is 0 Å². The molecular weight excluding hydrogens is 315 g/mol. The first-order chi connectivity index (χ1) is 10.3. The van der Waals surface area contributed by atoms with E-state index in [9.17, 15) is 27.9 Å². The van der Waals surface area contributed by atoms with Gasteiger partial charge >= 0.3 is 18.1 Å². The summed E-state index contributed by atoms with van der Waals surface area (Å²) in [6.07, 6.45) is -4.51. The number of benzene rings is 1.